The minimum atomic E-state index is -0.212. The van der Waals surface area contributed by atoms with E-state index in [0.29, 0.717) is 5.02 Å². The van der Waals surface area contributed by atoms with Crippen molar-refractivity contribution in [1.29, 1.82) is 0 Å². The van der Waals surface area contributed by atoms with Crippen molar-refractivity contribution in [3.63, 3.8) is 0 Å². The number of aromatic nitrogens is 1. The van der Waals surface area contributed by atoms with Gasteiger partial charge in [-0.1, -0.05) is 41.9 Å². The summed E-state index contributed by atoms with van der Waals surface area (Å²) in [5.41, 5.74) is 2.78. The van der Waals surface area contributed by atoms with E-state index in [1.807, 2.05) is 42.5 Å². The summed E-state index contributed by atoms with van der Waals surface area (Å²) in [6.07, 6.45) is 4.00. The van der Waals surface area contributed by atoms with E-state index in [1.54, 1.807) is 18.5 Å². The molecule has 1 aliphatic rings. The van der Waals surface area contributed by atoms with Crippen LogP contribution in [0, 0.1) is 0 Å². The molecule has 4 nitrogen and oxygen atoms in total. The lowest BCUT2D eigenvalue weighted by molar-refractivity contribution is 0.263. The Labute approximate surface area is 151 Å². The molecule has 0 unspecified atom stereocenters. The third kappa shape index (κ3) is 3.64. The Morgan fingerprint density at radius 3 is 2.72 bits per heavy atom. The molecule has 0 radical (unpaired) electrons. The van der Waals surface area contributed by atoms with E-state index in [4.69, 9.17) is 21.3 Å². The topological polar surface area (TPSA) is 46.5 Å². The highest BCUT2D eigenvalue weighted by molar-refractivity contribution is 6.31. The number of nitrogens with zero attached hydrogens (tertiary/aromatic N) is 2. The van der Waals surface area contributed by atoms with Crippen molar-refractivity contribution in [3.8, 4) is 5.75 Å². The fraction of sp³-hybridized carbons (Fsp3) is 0.100. The Hall–Kier alpha value is -2.85. The predicted molar refractivity (Wildman–Crippen MR) is 101 cm³/mol. The van der Waals surface area contributed by atoms with Crippen molar-refractivity contribution >= 4 is 28.8 Å². The van der Waals surface area contributed by atoms with Crippen LogP contribution in [0.25, 0.3) is 0 Å². The Morgan fingerprint density at radius 2 is 1.92 bits per heavy atom. The highest BCUT2D eigenvalue weighted by Crippen LogP contribution is 2.35. The van der Waals surface area contributed by atoms with Crippen molar-refractivity contribution in [3.05, 3.63) is 83.6 Å². The molecule has 0 bridgehead atoms. The second-order valence-electron chi connectivity index (χ2n) is 5.77. The van der Waals surface area contributed by atoms with Gasteiger partial charge in [-0.15, -0.1) is 0 Å². The number of ether oxygens (including phenoxy) is 1. The molecule has 25 heavy (non-hydrogen) atoms. The van der Waals surface area contributed by atoms with Crippen molar-refractivity contribution in [1.82, 2.24) is 4.98 Å². The van der Waals surface area contributed by atoms with Gasteiger partial charge < -0.3 is 10.1 Å². The van der Waals surface area contributed by atoms with E-state index in [-0.39, 0.29) is 6.10 Å². The van der Waals surface area contributed by atoms with Crippen LogP contribution in [0.5, 0.6) is 5.75 Å². The Kier molecular flexibility index (Phi) is 4.36. The smallest absolute Gasteiger partial charge is 0.160 e. The van der Waals surface area contributed by atoms with Gasteiger partial charge in [0, 0.05) is 17.6 Å². The molecular formula is C20H16ClN3O. The molecule has 3 aromatic rings. The average Bonchev–Trinajstić information content (AvgIpc) is 2.64. The van der Waals surface area contributed by atoms with Gasteiger partial charge in [0.25, 0.3) is 0 Å². The molecule has 1 atom stereocenters. The van der Waals surface area contributed by atoms with Crippen molar-refractivity contribution in [2.24, 2.45) is 4.99 Å². The molecule has 1 N–H and O–H groups in total. The zero-order valence-corrected chi connectivity index (χ0v) is 14.1. The summed E-state index contributed by atoms with van der Waals surface area (Å²) in [5, 5.41) is 3.96. The SMILES string of the molecule is Clc1ccc2c(c1)N=C(Nc1cccnc1)[C@@H](Cc1ccccc1)O2. The zero-order valence-electron chi connectivity index (χ0n) is 13.4. The molecule has 2 aromatic carbocycles. The summed E-state index contributed by atoms with van der Waals surface area (Å²) in [4.78, 5) is 8.89. The fourth-order valence-corrected chi connectivity index (χ4v) is 2.91. The molecule has 4 rings (SSSR count). The molecule has 5 heteroatoms. The number of aliphatic imine (C=N–C) groups is 1. The fourth-order valence-electron chi connectivity index (χ4n) is 2.75. The van der Waals surface area contributed by atoms with Crippen LogP contribution in [0.4, 0.5) is 11.4 Å². The normalized spacial score (nSPS) is 15.7. The third-order valence-electron chi connectivity index (χ3n) is 3.93. The number of anilines is 1. The second-order valence-corrected chi connectivity index (χ2v) is 6.21. The summed E-state index contributed by atoms with van der Waals surface area (Å²) >= 11 is 6.10. The molecule has 1 aromatic heterocycles. The lowest BCUT2D eigenvalue weighted by Crippen LogP contribution is -2.37. The number of pyridine rings is 1. The number of hydrogen-bond acceptors (Lipinski definition) is 4. The maximum absolute atomic E-state index is 6.20. The van der Waals surface area contributed by atoms with Crippen LogP contribution in [-0.2, 0) is 6.42 Å². The van der Waals surface area contributed by atoms with Crippen molar-refractivity contribution in [2.45, 2.75) is 12.5 Å². The van der Waals surface area contributed by atoms with E-state index in [2.05, 4.69) is 22.4 Å². The highest BCUT2D eigenvalue weighted by atomic mass is 35.5. The molecule has 1 aliphatic heterocycles. The van der Waals surface area contributed by atoms with Crippen molar-refractivity contribution < 1.29 is 4.74 Å². The average molecular weight is 350 g/mol. The number of hydrogen-bond donors (Lipinski definition) is 1. The number of nitrogens with one attached hydrogen (secondary N) is 1. The number of halogens is 1. The van der Waals surface area contributed by atoms with Gasteiger partial charge in [-0.2, -0.15) is 0 Å². The van der Waals surface area contributed by atoms with E-state index < -0.39 is 0 Å². The van der Waals surface area contributed by atoms with Gasteiger partial charge in [0.05, 0.1) is 11.9 Å². The molecule has 124 valence electrons. The third-order valence-corrected chi connectivity index (χ3v) is 4.17. The van der Waals surface area contributed by atoms with Gasteiger partial charge in [-0.25, -0.2) is 4.99 Å². The van der Waals surface area contributed by atoms with Crippen LogP contribution in [0.2, 0.25) is 5.02 Å². The first-order valence-electron chi connectivity index (χ1n) is 8.04. The van der Waals surface area contributed by atoms with Crippen LogP contribution in [0.1, 0.15) is 5.56 Å². The number of amidine groups is 1. The maximum Gasteiger partial charge on any atom is 0.160 e. The molecule has 2 heterocycles. The van der Waals surface area contributed by atoms with E-state index in [1.165, 1.54) is 5.56 Å². The van der Waals surface area contributed by atoms with Crippen LogP contribution in [0.15, 0.2) is 78.0 Å². The number of benzene rings is 2. The first-order chi connectivity index (χ1) is 12.3. The Balaban J connectivity index is 1.68. The zero-order chi connectivity index (χ0) is 17.1. The monoisotopic (exact) mass is 349 g/mol. The van der Waals surface area contributed by atoms with Gasteiger partial charge in [-0.05, 0) is 35.9 Å². The van der Waals surface area contributed by atoms with Gasteiger partial charge in [0.15, 0.2) is 6.10 Å². The molecule has 0 spiro atoms. The predicted octanol–water partition coefficient (Wildman–Crippen LogP) is 4.88. The first-order valence-corrected chi connectivity index (χ1v) is 8.41. The summed E-state index contributed by atoms with van der Waals surface area (Å²) in [6, 6.07) is 19.5. The minimum absolute atomic E-state index is 0.212. The standard InChI is InChI=1S/C20H16ClN3O/c21-15-8-9-18-17(12-15)24-20(23-16-7-4-10-22-13-16)19(25-18)11-14-5-2-1-3-6-14/h1-10,12-13,19H,11H2,(H,23,24)/t19-/m1/s1. The van der Waals surface area contributed by atoms with E-state index in [9.17, 15) is 0 Å². The largest absolute Gasteiger partial charge is 0.480 e. The lowest BCUT2D eigenvalue weighted by atomic mass is 10.1. The summed E-state index contributed by atoms with van der Waals surface area (Å²) in [7, 11) is 0. The summed E-state index contributed by atoms with van der Waals surface area (Å²) in [6.45, 7) is 0. The van der Waals surface area contributed by atoms with E-state index in [0.717, 1.165) is 29.4 Å². The van der Waals surface area contributed by atoms with Crippen LogP contribution < -0.4 is 10.1 Å². The van der Waals surface area contributed by atoms with Gasteiger partial charge in [0.1, 0.15) is 17.3 Å². The van der Waals surface area contributed by atoms with Gasteiger partial charge >= 0.3 is 0 Å². The molecule has 0 amide bonds. The Morgan fingerprint density at radius 1 is 1.04 bits per heavy atom. The number of fused-ring (bicyclic) bond motifs is 1. The van der Waals surface area contributed by atoms with Crippen LogP contribution in [-0.4, -0.2) is 16.9 Å². The molecule has 0 saturated heterocycles. The summed E-state index contributed by atoms with van der Waals surface area (Å²) < 4.78 is 6.20. The number of rotatable bonds is 3. The Bertz CT molecular complexity index is 897. The summed E-state index contributed by atoms with van der Waals surface area (Å²) in [5.74, 6) is 1.48. The highest BCUT2D eigenvalue weighted by Gasteiger charge is 2.25. The van der Waals surface area contributed by atoms with Crippen LogP contribution >= 0.6 is 11.6 Å². The maximum atomic E-state index is 6.20. The quantitative estimate of drug-likeness (QED) is 0.733. The minimum Gasteiger partial charge on any atom is -0.480 e. The molecular weight excluding hydrogens is 334 g/mol. The molecule has 0 fully saturated rings. The van der Waals surface area contributed by atoms with Crippen LogP contribution in [0.3, 0.4) is 0 Å². The molecule has 0 saturated carbocycles. The van der Waals surface area contributed by atoms with E-state index >= 15 is 0 Å². The molecule has 0 aliphatic carbocycles. The lowest BCUT2D eigenvalue weighted by Gasteiger charge is -2.27. The van der Waals surface area contributed by atoms with Gasteiger partial charge in [0.2, 0.25) is 0 Å². The first kappa shape index (κ1) is 15.7. The van der Waals surface area contributed by atoms with Gasteiger partial charge in [-0.3, -0.25) is 4.98 Å². The van der Waals surface area contributed by atoms with Crippen molar-refractivity contribution in [2.75, 3.05) is 5.32 Å². The second kappa shape index (κ2) is 6.95.